The lowest BCUT2D eigenvalue weighted by atomic mass is 9.90. The van der Waals surface area contributed by atoms with E-state index in [1.54, 1.807) is 18.3 Å². The average Bonchev–Trinajstić information content (AvgIpc) is 3.41. The molecular weight excluding hydrogens is 541 g/mol. The van der Waals surface area contributed by atoms with Crippen LogP contribution in [0.15, 0.2) is 73.1 Å². The van der Waals surface area contributed by atoms with E-state index >= 15 is 0 Å². The van der Waals surface area contributed by atoms with Crippen LogP contribution >= 0.6 is 11.6 Å². The number of benzene rings is 3. The lowest BCUT2D eigenvalue weighted by Crippen LogP contribution is -2.35. The van der Waals surface area contributed by atoms with Gasteiger partial charge < -0.3 is 20.3 Å². The summed E-state index contributed by atoms with van der Waals surface area (Å²) in [4.78, 5) is 4.11. The lowest BCUT2D eigenvalue weighted by Gasteiger charge is -2.20. The molecular formula is C33H31ClFN3O3. The molecule has 0 amide bonds. The molecule has 0 radical (unpaired) electrons. The van der Waals surface area contributed by atoms with Crippen molar-refractivity contribution in [2.24, 2.45) is 0 Å². The first-order chi connectivity index (χ1) is 20.0. The van der Waals surface area contributed by atoms with Crippen molar-refractivity contribution >= 4 is 11.6 Å². The summed E-state index contributed by atoms with van der Waals surface area (Å²) in [7, 11) is 0. The van der Waals surface area contributed by atoms with E-state index in [9.17, 15) is 19.9 Å². The predicted molar refractivity (Wildman–Crippen MR) is 156 cm³/mol. The molecule has 0 fully saturated rings. The third kappa shape index (κ3) is 6.58. The first-order valence-electron chi connectivity index (χ1n) is 13.6. The van der Waals surface area contributed by atoms with Gasteiger partial charge in [-0.15, -0.1) is 0 Å². The summed E-state index contributed by atoms with van der Waals surface area (Å²) in [6.45, 7) is 0.121. The van der Waals surface area contributed by atoms with Gasteiger partial charge in [-0.25, -0.2) is 4.39 Å². The van der Waals surface area contributed by atoms with Crippen LogP contribution in [0.5, 0.6) is 5.75 Å². The van der Waals surface area contributed by atoms with Crippen LogP contribution < -0.4 is 10.1 Å². The number of fused-ring (bicyclic) bond motifs is 1. The molecule has 210 valence electrons. The van der Waals surface area contributed by atoms with E-state index in [2.05, 4.69) is 22.4 Å². The molecule has 0 spiro atoms. The molecule has 0 unspecified atom stereocenters. The number of ether oxygens (including phenoxy) is 1. The Labute approximate surface area is 244 Å². The second-order valence-corrected chi connectivity index (χ2v) is 10.7. The van der Waals surface area contributed by atoms with Crippen molar-refractivity contribution in [2.75, 3.05) is 13.2 Å². The molecule has 1 aliphatic rings. The first kappa shape index (κ1) is 28.7. The normalized spacial score (nSPS) is 14.2. The van der Waals surface area contributed by atoms with Crippen molar-refractivity contribution in [2.45, 2.75) is 44.4 Å². The van der Waals surface area contributed by atoms with Crippen LogP contribution in [-0.2, 0) is 26.0 Å². The molecule has 0 bridgehead atoms. The molecule has 8 heteroatoms. The van der Waals surface area contributed by atoms with E-state index in [-0.39, 0.29) is 31.6 Å². The van der Waals surface area contributed by atoms with Gasteiger partial charge in [-0.05, 0) is 71.7 Å². The van der Waals surface area contributed by atoms with E-state index in [1.165, 1.54) is 23.4 Å². The molecule has 1 aliphatic carbocycles. The fourth-order valence-electron chi connectivity index (χ4n) is 5.45. The number of aliphatic hydroxyl groups is 2. The van der Waals surface area contributed by atoms with Crippen LogP contribution in [-0.4, -0.2) is 34.5 Å². The van der Waals surface area contributed by atoms with Crippen LogP contribution in [0.2, 0.25) is 5.02 Å². The molecule has 1 aromatic heterocycles. The zero-order valence-electron chi connectivity index (χ0n) is 22.5. The Morgan fingerprint density at radius 2 is 1.85 bits per heavy atom. The second-order valence-electron chi connectivity index (χ2n) is 10.3. The molecule has 3 aromatic carbocycles. The highest BCUT2D eigenvalue weighted by molar-refractivity contribution is 6.31. The van der Waals surface area contributed by atoms with Crippen LogP contribution in [0.25, 0.3) is 11.1 Å². The minimum absolute atomic E-state index is 0.207. The van der Waals surface area contributed by atoms with Gasteiger partial charge in [-0.2, -0.15) is 5.26 Å². The molecule has 1 atom stereocenters. The van der Waals surface area contributed by atoms with E-state index in [1.807, 2.05) is 36.4 Å². The van der Waals surface area contributed by atoms with Gasteiger partial charge in [-0.3, -0.25) is 4.98 Å². The lowest BCUT2D eigenvalue weighted by molar-refractivity contribution is 0.170. The highest BCUT2D eigenvalue weighted by Crippen LogP contribution is 2.42. The fraction of sp³-hybridized carbons (Fsp3) is 0.273. The smallest absolute Gasteiger partial charge is 0.131 e. The number of aliphatic hydroxyl groups excluding tert-OH is 2. The van der Waals surface area contributed by atoms with E-state index in [0.717, 1.165) is 35.1 Å². The fourth-order valence-corrected chi connectivity index (χ4v) is 5.71. The quantitative estimate of drug-likeness (QED) is 0.213. The minimum atomic E-state index is -0.476. The summed E-state index contributed by atoms with van der Waals surface area (Å²) in [5, 5.41) is 31.9. The van der Waals surface area contributed by atoms with Crippen molar-refractivity contribution in [3.8, 4) is 22.9 Å². The molecule has 0 saturated carbocycles. The average molecular weight is 572 g/mol. The van der Waals surface area contributed by atoms with Gasteiger partial charge >= 0.3 is 0 Å². The zero-order valence-corrected chi connectivity index (χ0v) is 23.2. The molecule has 3 N–H and O–H groups in total. The highest BCUT2D eigenvalue weighted by atomic mass is 35.5. The summed E-state index contributed by atoms with van der Waals surface area (Å²) in [5.74, 6) is 0.612. The Bertz CT molecular complexity index is 1570. The van der Waals surface area contributed by atoms with Gasteiger partial charge in [0.2, 0.25) is 0 Å². The Balaban J connectivity index is 1.42. The molecule has 4 aromatic rings. The summed E-state index contributed by atoms with van der Waals surface area (Å²) < 4.78 is 20.9. The van der Waals surface area contributed by atoms with Crippen molar-refractivity contribution in [1.82, 2.24) is 10.3 Å². The van der Waals surface area contributed by atoms with Gasteiger partial charge in [0, 0.05) is 40.7 Å². The Morgan fingerprint density at radius 1 is 1.05 bits per heavy atom. The molecule has 1 heterocycles. The number of hydrogen-bond donors (Lipinski definition) is 3. The number of rotatable bonds is 11. The largest absolute Gasteiger partial charge is 0.489 e. The number of nitrogens with one attached hydrogen (secondary N) is 1. The number of halogens is 2. The van der Waals surface area contributed by atoms with Gasteiger partial charge in [0.25, 0.3) is 0 Å². The zero-order chi connectivity index (χ0) is 28.8. The first-order valence-corrected chi connectivity index (χ1v) is 14.0. The summed E-state index contributed by atoms with van der Waals surface area (Å²) in [6.07, 6.45) is 5.64. The molecule has 0 saturated heterocycles. The number of pyridine rings is 1. The van der Waals surface area contributed by atoms with Crippen molar-refractivity contribution < 1.29 is 19.3 Å². The number of nitriles is 1. The second kappa shape index (κ2) is 13.2. The predicted octanol–water partition coefficient (Wildman–Crippen LogP) is 5.71. The third-order valence-corrected chi connectivity index (χ3v) is 7.95. The molecule has 0 aliphatic heterocycles. The summed E-state index contributed by atoms with van der Waals surface area (Å²) >= 11 is 6.82. The minimum Gasteiger partial charge on any atom is -0.489 e. The maximum atomic E-state index is 14.6. The number of nitrogens with zero attached hydrogens (tertiary/aromatic N) is 2. The third-order valence-electron chi connectivity index (χ3n) is 7.60. The summed E-state index contributed by atoms with van der Waals surface area (Å²) in [5.41, 5.74) is 6.88. The van der Waals surface area contributed by atoms with Crippen molar-refractivity contribution in [1.29, 1.82) is 5.26 Å². The van der Waals surface area contributed by atoms with E-state index in [0.29, 0.717) is 34.9 Å². The SMILES string of the molecule is N#Cc1cncc(COc2cc(C[C@H]3CCc4c(-c5ccccc5F)cccc43)c(Cl)cc2CNC(CO)CO)c1. The Kier molecular flexibility index (Phi) is 9.28. The number of hydrogen-bond acceptors (Lipinski definition) is 6. The van der Waals surface area contributed by atoms with Crippen LogP contribution in [0, 0.1) is 17.1 Å². The molecule has 41 heavy (non-hydrogen) atoms. The van der Waals surface area contributed by atoms with Gasteiger partial charge in [0.05, 0.1) is 24.8 Å². The Morgan fingerprint density at radius 3 is 2.63 bits per heavy atom. The maximum Gasteiger partial charge on any atom is 0.131 e. The maximum absolute atomic E-state index is 14.6. The van der Waals surface area contributed by atoms with Crippen molar-refractivity contribution in [3.63, 3.8) is 0 Å². The van der Waals surface area contributed by atoms with Crippen LogP contribution in [0.3, 0.4) is 0 Å². The van der Waals surface area contributed by atoms with E-state index < -0.39 is 6.04 Å². The standard InChI is InChI=1S/C33H31ClFN3O3/c34-31-12-25(17-38-26(18-39)19-40)33(41-20-22-10-21(14-36)15-37-16-22)13-24(31)11-23-8-9-29-27(23)5-3-6-28(29)30-4-1-2-7-32(30)35/h1-7,10,12-13,15-16,23,26,38-40H,8-9,11,17-20H2/t23-/m1/s1. The van der Waals surface area contributed by atoms with E-state index in [4.69, 9.17) is 16.3 Å². The monoisotopic (exact) mass is 571 g/mol. The van der Waals surface area contributed by atoms with Gasteiger partial charge in [0.15, 0.2) is 0 Å². The number of aromatic nitrogens is 1. The molecule has 5 rings (SSSR count). The van der Waals surface area contributed by atoms with Gasteiger partial charge in [0.1, 0.15) is 24.2 Å². The van der Waals surface area contributed by atoms with Gasteiger partial charge in [-0.1, -0.05) is 48.0 Å². The highest BCUT2D eigenvalue weighted by Gasteiger charge is 2.27. The summed E-state index contributed by atoms with van der Waals surface area (Å²) in [6, 6.07) is 20.2. The topological polar surface area (TPSA) is 98.4 Å². The van der Waals surface area contributed by atoms with Crippen molar-refractivity contribution in [3.05, 3.63) is 117 Å². The Hall–Kier alpha value is -3.80. The van der Waals surface area contributed by atoms with Crippen LogP contribution in [0.1, 0.15) is 45.7 Å². The van der Waals surface area contributed by atoms with Crippen LogP contribution in [0.4, 0.5) is 4.39 Å². The molecule has 6 nitrogen and oxygen atoms in total.